The number of nitrogens with zero attached hydrogens (tertiary/aromatic N) is 3. The predicted molar refractivity (Wildman–Crippen MR) is 146 cm³/mol. The van der Waals surface area contributed by atoms with E-state index in [1.165, 1.54) is 52.1 Å². The minimum Gasteiger partial charge on any atom is -0.461 e. The van der Waals surface area contributed by atoms with Crippen LogP contribution in [0.25, 0.3) is 16.5 Å². The highest BCUT2D eigenvalue weighted by Crippen LogP contribution is 2.31. The molecule has 0 saturated carbocycles. The maximum absolute atomic E-state index is 13.9. The Morgan fingerprint density at radius 2 is 1.79 bits per heavy atom. The van der Waals surface area contributed by atoms with Gasteiger partial charge in [0.1, 0.15) is 10.8 Å². The van der Waals surface area contributed by atoms with Crippen molar-refractivity contribution >= 4 is 49.0 Å². The van der Waals surface area contributed by atoms with Gasteiger partial charge in [-0.2, -0.15) is 14.1 Å². The van der Waals surface area contributed by atoms with Crippen molar-refractivity contribution in [3.63, 3.8) is 0 Å². The molecule has 0 bridgehead atoms. The van der Waals surface area contributed by atoms with Crippen molar-refractivity contribution in [2.45, 2.75) is 25.7 Å². The van der Waals surface area contributed by atoms with Crippen LogP contribution in [0.15, 0.2) is 63.6 Å². The quantitative estimate of drug-likeness (QED) is 0.300. The molecule has 204 valence electrons. The molecule has 1 amide bonds. The van der Waals surface area contributed by atoms with E-state index in [1.54, 1.807) is 20.8 Å². The van der Waals surface area contributed by atoms with Gasteiger partial charge in [0.15, 0.2) is 5.69 Å². The molecule has 2 heterocycles. The molecule has 4 rings (SSSR count). The highest BCUT2D eigenvalue weighted by molar-refractivity contribution is 7.89. The molecule has 0 aliphatic heterocycles. The minimum absolute atomic E-state index is 0.00334. The Kier molecular flexibility index (Phi) is 8.23. The Morgan fingerprint density at radius 3 is 2.41 bits per heavy atom. The molecule has 0 spiro atoms. The maximum atomic E-state index is 13.9. The van der Waals surface area contributed by atoms with Gasteiger partial charge in [-0.1, -0.05) is 19.9 Å². The SMILES string of the molecule is CCOC(=O)c1nn(-c2cccc(F)c2)c(=O)c2c(NC(=O)c3ccc(S(=O)(=O)N(CC)CC)cc3)scc12. The van der Waals surface area contributed by atoms with Gasteiger partial charge >= 0.3 is 5.97 Å². The van der Waals surface area contributed by atoms with Crippen LogP contribution in [0.3, 0.4) is 0 Å². The fraction of sp³-hybridized carbons (Fsp3) is 0.231. The van der Waals surface area contributed by atoms with E-state index in [9.17, 15) is 27.2 Å². The van der Waals surface area contributed by atoms with Crippen LogP contribution in [0.1, 0.15) is 41.6 Å². The van der Waals surface area contributed by atoms with Gasteiger partial charge in [0.2, 0.25) is 10.0 Å². The summed E-state index contributed by atoms with van der Waals surface area (Å²) in [4.78, 5) is 39.2. The van der Waals surface area contributed by atoms with Crippen molar-refractivity contribution in [3.05, 3.63) is 81.3 Å². The first-order valence-electron chi connectivity index (χ1n) is 12.0. The number of halogens is 1. The Balaban J connectivity index is 1.75. The molecule has 2 aromatic heterocycles. The molecule has 0 unspecified atom stereocenters. The van der Waals surface area contributed by atoms with Gasteiger partial charge in [0.05, 0.1) is 22.6 Å². The van der Waals surface area contributed by atoms with Crippen LogP contribution in [-0.2, 0) is 14.8 Å². The van der Waals surface area contributed by atoms with Gasteiger partial charge in [0.25, 0.3) is 11.5 Å². The van der Waals surface area contributed by atoms with Crippen LogP contribution in [0, 0.1) is 5.82 Å². The van der Waals surface area contributed by atoms with Crippen LogP contribution in [-0.4, -0.2) is 54.1 Å². The van der Waals surface area contributed by atoms with Crippen LogP contribution >= 0.6 is 11.3 Å². The average Bonchev–Trinajstić information content (AvgIpc) is 3.33. The molecule has 0 saturated heterocycles. The molecule has 13 heteroatoms. The van der Waals surface area contributed by atoms with Crippen molar-refractivity contribution in [3.8, 4) is 5.69 Å². The number of sulfonamides is 1. The molecule has 10 nitrogen and oxygen atoms in total. The van der Waals surface area contributed by atoms with Crippen molar-refractivity contribution in [1.29, 1.82) is 0 Å². The number of anilines is 1. The monoisotopic (exact) mass is 572 g/mol. The zero-order valence-corrected chi connectivity index (χ0v) is 22.9. The van der Waals surface area contributed by atoms with E-state index in [2.05, 4.69) is 10.4 Å². The number of amides is 1. The fourth-order valence-corrected chi connectivity index (χ4v) is 6.33. The van der Waals surface area contributed by atoms with Crippen LogP contribution in [0.4, 0.5) is 9.39 Å². The lowest BCUT2D eigenvalue weighted by molar-refractivity contribution is 0.0519. The van der Waals surface area contributed by atoms with E-state index in [0.717, 1.165) is 22.1 Å². The van der Waals surface area contributed by atoms with E-state index in [-0.39, 0.29) is 44.2 Å². The average molecular weight is 573 g/mol. The molecule has 0 aliphatic rings. The topological polar surface area (TPSA) is 128 Å². The summed E-state index contributed by atoms with van der Waals surface area (Å²) >= 11 is 1.00. The third-order valence-corrected chi connectivity index (χ3v) is 8.82. The van der Waals surface area contributed by atoms with Crippen molar-refractivity contribution in [1.82, 2.24) is 14.1 Å². The molecule has 4 aromatic rings. The number of carbonyl (C=O) groups is 2. The lowest BCUT2D eigenvalue weighted by Crippen LogP contribution is -2.30. The first-order valence-corrected chi connectivity index (χ1v) is 14.3. The molecule has 0 atom stereocenters. The summed E-state index contributed by atoms with van der Waals surface area (Å²) in [5.74, 6) is -1.99. The molecule has 0 radical (unpaired) electrons. The van der Waals surface area contributed by atoms with E-state index in [1.807, 2.05) is 0 Å². The van der Waals surface area contributed by atoms with Crippen LogP contribution in [0.2, 0.25) is 0 Å². The molecule has 39 heavy (non-hydrogen) atoms. The minimum atomic E-state index is -3.70. The number of thiophene rings is 1. The normalized spacial score (nSPS) is 11.6. The van der Waals surface area contributed by atoms with E-state index in [0.29, 0.717) is 13.1 Å². The number of aromatic nitrogens is 2. The van der Waals surface area contributed by atoms with Gasteiger partial charge in [-0.05, 0) is 49.4 Å². The number of hydrogen-bond donors (Lipinski definition) is 1. The van der Waals surface area contributed by atoms with Gasteiger partial charge in [0, 0.05) is 29.4 Å². The number of esters is 1. The van der Waals surface area contributed by atoms with E-state index < -0.39 is 33.3 Å². The van der Waals surface area contributed by atoms with Gasteiger partial charge in [-0.25, -0.2) is 17.6 Å². The maximum Gasteiger partial charge on any atom is 0.359 e. The number of nitrogens with one attached hydrogen (secondary N) is 1. The smallest absolute Gasteiger partial charge is 0.359 e. The molecule has 0 fully saturated rings. The second-order valence-electron chi connectivity index (χ2n) is 8.19. The second kappa shape index (κ2) is 11.4. The number of carbonyl (C=O) groups excluding carboxylic acids is 2. The van der Waals surface area contributed by atoms with Crippen molar-refractivity contribution in [2.24, 2.45) is 0 Å². The first kappa shape index (κ1) is 28.1. The largest absolute Gasteiger partial charge is 0.461 e. The second-order valence-corrected chi connectivity index (χ2v) is 11.0. The van der Waals surface area contributed by atoms with Gasteiger partial charge < -0.3 is 10.1 Å². The van der Waals surface area contributed by atoms with Gasteiger partial charge in [-0.3, -0.25) is 9.59 Å². The Morgan fingerprint density at radius 1 is 1.10 bits per heavy atom. The third kappa shape index (κ3) is 5.46. The molecule has 1 N–H and O–H groups in total. The summed E-state index contributed by atoms with van der Waals surface area (Å²) in [7, 11) is -3.70. The van der Waals surface area contributed by atoms with Gasteiger partial charge in [-0.15, -0.1) is 11.3 Å². The summed E-state index contributed by atoms with van der Waals surface area (Å²) in [6.07, 6.45) is 0. The lowest BCUT2D eigenvalue weighted by atomic mass is 10.2. The summed E-state index contributed by atoms with van der Waals surface area (Å²) in [5, 5.41) is 8.61. The fourth-order valence-electron chi connectivity index (χ4n) is 3.94. The highest BCUT2D eigenvalue weighted by atomic mass is 32.2. The van der Waals surface area contributed by atoms with Crippen molar-refractivity contribution < 1.29 is 27.1 Å². The number of hydrogen-bond acceptors (Lipinski definition) is 8. The van der Waals surface area contributed by atoms with E-state index in [4.69, 9.17) is 4.74 Å². The standard InChI is InChI=1S/C26H25FN4O6S2/c1-4-30(5-2)39(35,36)19-12-10-16(11-13-19)23(32)28-24-21-20(15-38-24)22(26(34)37-6-3)29-31(25(21)33)18-9-7-8-17(27)14-18/h7-15H,4-6H2,1-3H3,(H,28,32). The summed E-state index contributed by atoms with van der Waals surface area (Å²) in [5.41, 5.74) is -0.611. The molecule has 2 aromatic carbocycles. The summed E-state index contributed by atoms with van der Waals surface area (Å²) in [6.45, 7) is 5.77. The Labute approximate surface area is 227 Å². The zero-order valence-electron chi connectivity index (χ0n) is 21.3. The van der Waals surface area contributed by atoms with E-state index >= 15 is 0 Å². The predicted octanol–water partition coefficient (Wildman–Crippen LogP) is 4.05. The van der Waals surface area contributed by atoms with Crippen molar-refractivity contribution in [2.75, 3.05) is 25.0 Å². The molecular weight excluding hydrogens is 547 g/mol. The Hall–Kier alpha value is -3.94. The number of fused-ring (bicyclic) bond motifs is 1. The zero-order chi connectivity index (χ0) is 28.3. The van der Waals surface area contributed by atoms with Crippen LogP contribution in [0.5, 0.6) is 0 Å². The molecule has 0 aliphatic carbocycles. The number of rotatable bonds is 9. The molecular formula is C26H25FN4O6S2. The Bertz CT molecular complexity index is 1710. The highest BCUT2D eigenvalue weighted by Gasteiger charge is 2.25. The lowest BCUT2D eigenvalue weighted by Gasteiger charge is -2.18. The summed E-state index contributed by atoms with van der Waals surface area (Å²) in [6, 6.07) is 10.6. The van der Waals surface area contributed by atoms with Crippen LogP contribution < -0.4 is 10.9 Å². The summed E-state index contributed by atoms with van der Waals surface area (Å²) < 4.78 is 46.7. The first-order chi connectivity index (χ1) is 18.6. The number of ether oxygens (including phenoxy) is 1. The number of benzene rings is 2. The third-order valence-electron chi connectivity index (χ3n) is 5.86.